The maximum atomic E-state index is 10.6. The van der Waals surface area contributed by atoms with Gasteiger partial charge in [0.05, 0.1) is 0 Å². The molecule has 0 atom stereocenters. The number of aliphatic carboxylic acids is 1. The lowest BCUT2D eigenvalue weighted by Crippen LogP contribution is -2.30. The fraction of sp³-hybridized carbons (Fsp3) is 0.417. The van der Waals surface area contributed by atoms with Gasteiger partial charge >= 0.3 is 5.97 Å². The minimum absolute atomic E-state index is 0.427. The van der Waals surface area contributed by atoms with E-state index in [0.29, 0.717) is 5.57 Å². The molecule has 0 aromatic carbocycles. The molecule has 1 N–H and O–H groups in total. The second-order valence-electron chi connectivity index (χ2n) is 4.05. The molecule has 0 radical (unpaired) electrons. The number of thiophene rings is 1. The third kappa shape index (κ3) is 2.51. The Labute approximate surface area is 99.0 Å². The molecule has 0 aliphatic carbocycles. The van der Waals surface area contributed by atoms with Crippen molar-refractivity contribution in [3.8, 4) is 0 Å². The molecule has 1 aliphatic heterocycles. The summed E-state index contributed by atoms with van der Waals surface area (Å²) in [7, 11) is 0. The van der Waals surface area contributed by atoms with E-state index in [9.17, 15) is 4.79 Å². The van der Waals surface area contributed by atoms with Crippen molar-refractivity contribution >= 4 is 17.3 Å². The van der Waals surface area contributed by atoms with Crippen LogP contribution >= 0.6 is 11.3 Å². The number of rotatable bonds is 3. The average molecular weight is 237 g/mol. The van der Waals surface area contributed by atoms with Crippen LogP contribution in [0.2, 0.25) is 0 Å². The van der Waals surface area contributed by atoms with Gasteiger partial charge in [-0.05, 0) is 30.4 Å². The number of carboxylic acids is 1. The van der Waals surface area contributed by atoms with Gasteiger partial charge in [0.25, 0.3) is 0 Å². The minimum atomic E-state index is -0.826. The van der Waals surface area contributed by atoms with Crippen molar-refractivity contribution in [2.24, 2.45) is 0 Å². The Morgan fingerprint density at radius 3 is 3.25 bits per heavy atom. The topological polar surface area (TPSA) is 40.5 Å². The first-order valence-electron chi connectivity index (χ1n) is 5.34. The van der Waals surface area contributed by atoms with Crippen LogP contribution in [0.1, 0.15) is 17.4 Å². The lowest BCUT2D eigenvalue weighted by Gasteiger charge is -2.25. The van der Waals surface area contributed by atoms with Gasteiger partial charge in [0.15, 0.2) is 0 Å². The fourth-order valence-electron chi connectivity index (χ4n) is 1.82. The summed E-state index contributed by atoms with van der Waals surface area (Å²) in [5.41, 5.74) is 1.83. The lowest BCUT2D eigenvalue weighted by atomic mass is 10.1. The molecule has 2 rings (SSSR count). The van der Waals surface area contributed by atoms with Crippen LogP contribution in [0, 0.1) is 0 Å². The van der Waals surface area contributed by atoms with Crippen molar-refractivity contribution < 1.29 is 9.90 Å². The Morgan fingerprint density at radius 2 is 2.50 bits per heavy atom. The quantitative estimate of drug-likeness (QED) is 0.819. The highest BCUT2D eigenvalue weighted by molar-refractivity contribution is 7.10. The van der Waals surface area contributed by atoms with Gasteiger partial charge < -0.3 is 5.11 Å². The van der Waals surface area contributed by atoms with Crippen molar-refractivity contribution in [1.29, 1.82) is 0 Å². The Balaban J connectivity index is 1.95. The zero-order chi connectivity index (χ0) is 11.5. The van der Waals surface area contributed by atoms with E-state index in [1.54, 1.807) is 13.0 Å². The van der Waals surface area contributed by atoms with Crippen LogP contribution in [0.5, 0.6) is 0 Å². The number of hydrogen-bond acceptors (Lipinski definition) is 3. The number of nitrogens with zero attached hydrogens (tertiary/aromatic N) is 1. The minimum Gasteiger partial charge on any atom is -0.478 e. The molecule has 1 aromatic heterocycles. The standard InChI is InChI=1S/C12H15NO2S/c1-9(12(14)15)2-5-13-6-3-11-10(8-13)4-7-16-11/h2,4,7H,3,5-6,8H2,1H3,(H,14,15). The van der Waals surface area contributed by atoms with E-state index in [2.05, 4.69) is 16.3 Å². The van der Waals surface area contributed by atoms with E-state index < -0.39 is 5.97 Å². The van der Waals surface area contributed by atoms with Crippen LogP contribution in [0.3, 0.4) is 0 Å². The van der Waals surface area contributed by atoms with Gasteiger partial charge in [0.2, 0.25) is 0 Å². The third-order valence-electron chi connectivity index (χ3n) is 2.88. The summed E-state index contributed by atoms with van der Waals surface area (Å²) < 4.78 is 0. The average Bonchev–Trinajstić information content (AvgIpc) is 2.72. The molecule has 0 amide bonds. The van der Waals surface area contributed by atoms with E-state index in [1.807, 2.05) is 11.3 Å². The number of carbonyl (C=O) groups is 1. The molecule has 0 spiro atoms. The van der Waals surface area contributed by atoms with Gasteiger partial charge in [-0.15, -0.1) is 11.3 Å². The molecule has 0 fully saturated rings. The molecule has 86 valence electrons. The van der Waals surface area contributed by atoms with E-state index in [0.717, 1.165) is 26.1 Å². The Bertz CT molecular complexity index is 422. The molecule has 3 nitrogen and oxygen atoms in total. The van der Waals surface area contributed by atoms with E-state index >= 15 is 0 Å². The maximum absolute atomic E-state index is 10.6. The molecule has 0 saturated carbocycles. The summed E-state index contributed by atoms with van der Waals surface area (Å²) in [6.45, 7) is 4.34. The predicted molar refractivity (Wildman–Crippen MR) is 64.7 cm³/mol. The second kappa shape index (κ2) is 4.80. The largest absolute Gasteiger partial charge is 0.478 e. The van der Waals surface area contributed by atoms with Crippen molar-refractivity contribution in [1.82, 2.24) is 4.90 Å². The Morgan fingerprint density at radius 1 is 1.69 bits per heavy atom. The Kier molecular flexibility index (Phi) is 3.41. The van der Waals surface area contributed by atoms with E-state index in [1.165, 1.54) is 10.4 Å². The molecule has 16 heavy (non-hydrogen) atoms. The number of fused-ring (bicyclic) bond motifs is 1. The normalized spacial score (nSPS) is 17.2. The van der Waals surface area contributed by atoms with Crippen LogP contribution in [-0.2, 0) is 17.8 Å². The summed E-state index contributed by atoms with van der Waals surface area (Å²) >= 11 is 1.82. The third-order valence-corrected chi connectivity index (χ3v) is 3.90. The van der Waals surface area contributed by atoms with Gasteiger partial charge in [0.1, 0.15) is 0 Å². The molecule has 1 aromatic rings. The molecule has 1 aliphatic rings. The Hall–Kier alpha value is -1.13. The van der Waals surface area contributed by atoms with E-state index in [4.69, 9.17) is 5.11 Å². The van der Waals surface area contributed by atoms with Gasteiger partial charge in [-0.1, -0.05) is 6.08 Å². The highest BCUT2D eigenvalue weighted by atomic mass is 32.1. The smallest absolute Gasteiger partial charge is 0.330 e. The van der Waals surface area contributed by atoms with Gasteiger partial charge in [-0.2, -0.15) is 0 Å². The van der Waals surface area contributed by atoms with Crippen molar-refractivity contribution in [3.05, 3.63) is 33.5 Å². The first kappa shape index (κ1) is 11.4. The van der Waals surface area contributed by atoms with Gasteiger partial charge in [-0.25, -0.2) is 4.79 Å². The predicted octanol–water partition coefficient (Wildman–Crippen LogP) is 2.14. The summed E-state index contributed by atoms with van der Waals surface area (Å²) in [5.74, 6) is -0.826. The van der Waals surface area contributed by atoms with Crippen LogP contribution in [-0.4, -0.2) is 29.1 Å². The van der Waals surface area contributed by atoms with Crippen LogP contribution in [0.25, 0.3) is 0 Å². The molecule has 4 heteroatoms. The maximum Gasteiger partial charge on any atom is 0.330 e. The summed E-state index contributed by atoms with van der Waals surface area (Å²) in [6, 6.07) is 2.17. The molecular formula is C12H15NO2S. The van der Waals surface area contributed by atoms with Gasteiger partial charge in [0, 0.05) is 30.1 Å². The number of hydrogen-bond donors (Lipinski definition) is 1. The van der Waals surface area contributed by atoms with Crippen LogP contribution in [0.4, 0.5) is 0 Å². The zero-order valence-corrected chi connectivity index (χ0v) is 10.1. The zero-order valence-electron chi connectivity index (χ0n) is 9.27. The number of carboxylic acid groups (broad SMARTS) is 1. The molecule has 2 heterocycles. The fourth-order valence-corrected chi connectivity index (χ4v) is 2.71. The van der Waals surface area contributed by atoms with E-state index in [-0.39, 0.29) is 0 Å². The summed E-state index contributed by atoms with van der Waals surface area (Å²) in [5, 5.41) is 10.9. The molecule has 0 unspecified atom stereocenters. The van der Waals surface area contributed by atoms with Crippen molar-refractivity contribution in [3.63, 3.8) is 0 Å². The molecular weight excluding hydrogens is 222 g/mol. The second-order valence-corrected chi connectivity index (χ2v) is 5.05. The van der Waals surface area contributed by atoms with Crippen molar-refractivity contribution in [2.45, 2.75) is 19.9 Å². The lowest BCUT2D eigenvalue weighted by molar-refractivity contribution is -0.132. The van der Waals surface area contributed by atoms with Gasteiger partial charge in [-0.3, -0.25) is 4.90 Å². The van der Waals surface area contributed by atoms with Crippen LogP contribution in [0.15, 0.2) is 23.1 Å². The highest BCUT2D eigenvalue weighted by Gasteiger charge is 2.16. The highest BCUT2D eigenvalue weighted by Crippen LogP contribution is 2.23. The first-order valence-corrected chi connectivity index (χ1v) is 6.22. The molecule has 0 saturated heterocycles. The monoisotopic (exact) mass is 237 g/mol. The SMILES string of the molecule is CC(=CCN1CCc2sccc2C1)C(=O)O. The summed E-state index contributed by atoms with van der Waals surface area (Å²) in [6.07, 6.45) is 2.88. The first-order chi connectivity index (χ1) is 7.66. The summed E-state index contributed by atoms with van der Waals surface area (Å²) in [4.78, 5) is 14.4. The van der Waals surface area contributed by atoms with Crippen LogP contribution < -0.4 is 0 Å². The molecule has 0 bridgehead atoms. The van der Waals surface area contributed by atoms with Crippen molar-refractivity contribution in [2.75, 3.05) is 13.1 Å².